The molecule has 1 heterocycles. The van der Waals surface area contributed by atoms with Crippen LogP contribution in [0.15, 0.2) is 81.4 Å². The molecule has 209 valence electrons. The molecule has 1 aromatic heterocycles. The minimum Gasteiger partial charge on any atom is -0.399 e. The normalized spacial score (nSPS) is 12.1. The van der Waals surface area contributed by atoms with Gasteiger partial charge in [0, 0.05) is 105 Å². The zero-order valence-electron chi connectivity index (χ0n) is 22.9. The maximum atomic E-state index is 12.2. The molecule has 0 atom stereocenters. The van der Waals surface area contributed by atoms with Crippen LogP contribution in [0, 0.1) is 0 Å². The molecular formula is C24H18N4Na3O9S3. The molecule has 0 bridgehead atoms. The molecule has 0 spiro atoms. The van der Waals surface area contributed by atoms with Crippen LogP contribution in [0.5, 0.6) is 0 Å². The minimum absolute atomic E-state index is 0. The Hall–Kier alpha value is -1.19. The summed E-state index contributed by atoms with van der Waals surface area (Å²) in [5, 5.41) is 9.16. The van der Waals surface area contributed by atoms with Crippen molar-refractivity contribution in [3.63, 3.8) is 0 Å². The molecule has 0 aliphatic rings. The van der Waals surface area contributed by atoms with Crippen molar-refractivity contribution in [2.45, 2.75) is 14.7 Å². The largest absolute Gasteiger partial charge is 0.399 e. The maximum Gasteiger partial charge on any atom is 0.295 e. The predicted molar refractivity (Wildman–Crippen MR) is 163 cm³/mol. The third-order valence-electron chi connectivity index (χ3n) is 5.90. The van der Waals surface area contributed by atoms with Crippen molar-refractivity contribution in [2.24, 2.45) is 0 Å². The van der Waals surface area contributed by atoms with Crippen LogP contribution in [0.1, 0.15) is 11.1 Å². The van der Waals surface area contributed by atoms with Gasteiger partial charge in [-0.25, -0.2) is 0 Å². The fraction of sp³-hybridized carbons (Fsp3) is 0. The average Bonchev–Trinajstić information content (AvgIpc) is 3.30. The second-order valence-electron chi connectivity index (χ2n) is 8.56. The van der Waals surface area contributed by atoms with Gasteiger partial charge in [0.1, 0.15) is 25.7 Å². The third kappa shape index (κ3) is 8.16. The Balaban J connectivity index is 0.00000215. The first kappa shape index (κ1) is 38.0. The van der Waals surface area contributed by atoms with E-state index >= 15 is 0 Å². The molecular weight excluding hydrogens is 653 g/mol. The van der Waals surface area contributed by atoms with E-state index in [1.807, 2.05) is 0 Å². The summed E-state index contributed by atoms with van der Waals surface area (Å²) in [7, 11) is -14.1. The molecule has 0 saturated carbocycles. The number of fused-ring (bicyclic) bond motifs is 3. The monoisotopic (exact) mass is 671 g/mol. The SMILES string of the molecule is Nc1ccc(C=Cc2ccc(-n3nc4cc(S(=O)(=O)O)c5ccccc5c4n3)cc2S(=O)(=O)O)c(S(=O)(=O)O)c1.[Na].[Na].[Na]. The Kier molecular flexibility index (Phi) is 12.4. The van der Waals surface area contributed by atoms with Crippen LogP contribution in [-0.2, 0) is 30.4 Å². The molecule has 0 unspecified atom stereocenters. The number of nitrogens with two attached hydrogens (primary N) is 1. The average molecular weight is 672 g/mol. The van der Waals surface area contributed by atoms with Crippen LogP contribution in [0.3, 0.4) is 0 Å². The number of anilines is 1. The van der Waals surface area contributed by atoms with Gasteiger partial charge < -0.3 is 5.73 Å². The summed E-state index contributed by atoms with van der Waals surface area (Å²) in [6, 6.07) is 14.9. The maximum absolute atomic E-state index is 12.2. The molecule has 4 aromatic carbocycles. The Morgan fingerprint density at radius 2 is 1.14 bits per heavy atom. The van der Waals surface area contributed by atoms with Crippen molar-refractivity contribution in [3.8, 4) is 5.69 Å². The predicted octanol–water partition coefficient (Wildman–Crippen LogP) is 1.92. The van der Waals surface area contributed by atoms with Gasteiger partial charge in [0.25, 0.3) is 30.4 Å². The van der Waals surface area contributed by atoms with Crippen molar-refractivity contribution >= 4 is 159 Å². The van der Waals surface area contributed by atoms with Crippen molar-refractivity contribution in [2.75, 3.05) is 5.73 Å². The van der Waals surface area contributed by atoms with E-state index in [9.17, 15) is 38.9 Å². The van der Waals surface area contributed by atoms with Gasteiger partial charge in [0.15, 0.2) is 0 Å². The second-order valence-corrected chi connectivity index (χ2v) is 12.7. The number of nitrogens with zero attached hydrogens (tertiary/aromatic N) is 3. The Morgan fingerprint density at radius 3 is 1.70 bits per heavy atom. The summed E-state index contributed by atoms with van der Waals surface area (Å²) in [5.41, 5.74) is 6.07. The van der Waals surface area contributed by atoms with Gasteiger partial charge in [-0.3, -0.25) is 13.7 Å². The van der Waals surface area contributed by atoms with Gasteiger partial charge in [-0.2, -0.15) is 30.0 Å². The molecule has 43 heavy (non-hydrogen) atoms. The van der Waals surface area contributed by atoms with E-state index < -0.39 is 40.1 Å². The van der Waals surface area contributed by atoms with Gasteiger partial charge in [0.05, 0.1) is 5.69 Å². The van der Waals surface area contributed by atoms with E-state index in [4.69, 9.17) is 5.73 Å². The van der Waals surface area contributed by atoms with Crippen LogP contribution in [0.2, 0.25) is 0 Å². The topological polar surface area (TPSA) is 220 Å². The molecule has 0 saturated heterocycles. The Morgan fingerprint density at radius 1 is 0.628 bits per heavy atom. The second kappa shape index (κ2) is 14.1. The van der Waals surface area contributed by atoms with Crippen LogP contribution in [0.25, 0.3) is 39.6 Å². The van der Waals surface area contributed by atoms with E-state index in [1.54, 1.807) is 18.2 Å². The fourth-order valence-electron chi connectivity index (χ4n) is 4.14. The number of nitrogen functional groups attached to an aromatic ring is 1. The third-order valence-corrected chi connectivity index (χ3v) is 8.61. The van der Waals surface area contributed by atoms with Gasteiger partial charge in [-0.1, -0.05) is 48.6 Å². The number of aromatic nitrogens is 3. The molecule has 19 heteroatoms. The molecule has 5 N–H and O–H groups in total. The molecule has 5 rings (SSSR count). The molecule has 3 radical (unpaired) electrons. The first-order chi connectivity index (χ1) is 18.6. The molecule has 0 fully saturated rings. The van der Waals surface area contributed by atoms with Crippen molar-refractivity contribution < 1.29 is 38.9 Å². The zero-order valence-corrected chi connectivity index (χ0v) is 31.4. The summed E-state index contributed by atoms with van der Waals surface area (Å²) in [5.74, 6) is 0. The first-order valence-corrected chi connectivity index (χ1v) is 15.4. The van der Waals surface area contributed by atoms with Crippen LogP contribution in [-0.4, -0.2) is 143 Å². The summed E-state index contributed by atoms with van der Waals surface area (Å²) in [6.45, 7) is 0. The van der Waals surface area contributed by atoms with Gasteiger partial charge in [-0.15, -0.1) is 10.2 Å². The summed E-state index contributed by atoms with van der Waals surface area (Å²) in [6.07, 6.45) is 2.43. The van der Waals surface area contributed by atoms with E-state index in [-0.39, 0.29) is 132 Å². The standard InChI is InChI=1S/C24H18N4O9S3.3Na/c25-16-9-7-14(21(11-16)38(29,30)31)5-6-15-8-10-17(12-22(15)39(32,33)34)28-26-20-13-23(40(35,36)37)18-3-1-2-4-19(18)24(20)27-28;;;/h1-13H,25H2,(H,29,30,31)(H,32,33,34)(H,35,36,37);;;. The Bertz CT molecular complexity index is 2220. The van der Waals surface area contributed by atoms with Crippen LogP contribution in [0.4, 0.5) is 5.69 Å². The fourth-order valence-corrected chi connectivity index (χ4v) is 6.28. The molecule has 5 aromatic rings. The molecule has 0 aliphatic carbocycles. The quantitative estimate of drug-likeness (QED) is 0.0881. The van der Waals surface area contributed by atoms with E-state index in [2.05, 4.69) is 10.2 Å². The number of benzene rings is 4. The zero-order chi connectivity index (χ0) is 29.0. The first-order valence-electron chi connectivity index (χ1n) is 11.1. The van der Waals surface area contributed by atoms with Crippen molar-refractivity contribution in [1.82, 2.24) is 15.0 Å². The minimum atomic E-state index is -4.82. The van der Waals surface area contributed by atoms with E-state index in [0.29, 0.717) is 5.39 Å². The molecule has 0 aliphatic heterocycles. The van der Waals surface area contributed by atoms with Crippen molar-refractivity contribution in [3.05, 3.63) is 77.9 Å². The Labute approximate surface area is 312 Å². The number of rotatable bonds is 6. The number of hydrogen-bond donors (Lipinski definition) is 4. The van der Waals surface area contributed by atoms with Crippen LogP contribution < -0.4 is 5.73 Å². The summed E-state index contributed by atoms with van der Waals surface area (Å²) < 4.78 is 101. The van der Waals surface area contributed by atoms with Gasteiger partial charge in [0.2, 0.25) is 0 Å². The van der Waals surface area contributed by atoms with Crippen molar-refractivity contribution in [1.29, 1.82) is 0 Å². The molecule has 13 nitrogen and oxygen atoms in total. The van der Waals surface area contributed by atoms with E-state index in [1.165, 1.54) is 42.5 Å². The smallest absolute Gasteiger partial charge is 0.295 e. The van der Waals surface area contributed by atoms with Gasteiger partial charge in [-0.05, 0) is 41.5 Å². The summed E-state index contributed by atoms with van der Waals surface area (Å²) >= 11 is 0. The number of hydrogen-bond acceptors (Lipinski definition) is 9. The summed E-state index contributed by atoms with van der Waals surface area (Å²) in [4.78, 5) is -0.426. The molecule has 0 amide bonds. The van der Waals surface area contributed by atoms with Gasteiger partial charge >= 0.3 is 0 Å². The van der Waals surface area contributed by atoms with Crippen LogP contribution >= 0.6 is 0 Å². The van der Waals surface area contributed by atoms with E-state index in [0.717, 1.165) is 23.0 Å².